The molecule has 0 unspecified atom stereocenters. The summed E-state index contributed by atoms with van der Waals surface area (Å²) >= 11 is 3.44. The number of nitrogens with one attached hydrogen (secondary N) is 1. The SMILES string of the molecule is Cc1ccc(Br)cc1-c1cn[nH]c1CCC(=O)O. The predicted molar refractivity (Wildman–Crippen MR) is 72.4 cm³/mol. The van der Waals surface area contributed by atoms with Crippen molar-refractivity contribution in [3.05, 3.63) is 40.1 Å². The molecule has 0 aliphatic heterocycles. The van der Waals surface area contributed by atoms with E-state index in [-0.39, 0.29) is 6.42 Å². The number of aromatic nitrogens is 2. The first-order chi connectivity index (χ1) is 8.58. The van der Waals surface area contributed by atoms with Gasteiger partial charge in [0.05, 0.1) is 12.6 Å². The number of aromatic amines is 1. The van der Waals surface area contributed by atoms with Crippen LogP contribution in [-0.4, -0.2) is 21.3 Å². The zero-order valence-electron chi connectivity index (χ0n) is 9.90. The summed E-state index contributed by atoms with van der Waals surface area (Å²) in [5, 5.41) is 15.6. The van der Waals surface area contributed by atoms with Crippen LogP contribution in [0.4, 0.5) is 0 Å². The van der Waals surface area contributed by atoms with Gasteiger partial charge in [0.25, 0.3) is 0 Å². The largest absolute Gasteiger partial charge is 0.481 e. The third kappa shape index (κ3) is 2.79. The van der Waals surface area contributed by atoms with Gasteiger partial charge in [-0.25, -0.2) is 0 Å². The Hall–Kier alpha value is -1.62. The molecule has 0 atom stereocenters. The van der Waals surface area contributed by atoms with Crippen LogP contribution in [0.25, 0.3) is 11.1 Å². The highest BCUT2D eigenvalue weighted by Gasteiger charge is 2.11. The lowest BCUT2D eigenvalue weighted by molar-refractivity contribution is -0.136. The minimum atomic E-state index is -0.804. The average Bonchev–Trinajstić information content (AvgIpc) is 2.77. The molecule has 2 N–H and O–H groups in total. The highest BCUT2D eigenvalue weighted by Crippen LogP contribution is 2.29. The summed E-state index contributed by atoms with van der Waals surface area (Å²) < 4.78 is 0.994. The van der Waals surface area contributed by atoms with Gasteiger partial charge in [0.15, 0.2) is 0 Å². The van der Waals surface area contributed by atoms with Crippen LogP contribution >= 0.6 is 15.9 Å². The van der Waals surface area contributed by atoms with Crippen LogP contribution in [0.2, 0.25) is 0 Å². The molecule has 1 aromatic heterocycles. The Morgan fingerprint density at radius 3 is 2.94 bits per heavy atom. The number of aryl methyl sites for hydroxylation is 2. The molecule has 0 bridgehead atoms. The first-order valence-electron chi connectivity index (χ1n) is 5.58. The second-order valence-electron chi connectivity index (χ2n) is 4.12. The molecule has 1 heterocycles. The summed E-state index contributed by atoms with van der Waals surface area (Å²) in [6.07, 6.45) is 2.30. The fraction of sp³-hybridized carbons (Fsp3) is 0.231. The lowest BCUT2D eigenvalue weighted by Gasteiger charge is -2.06. The summed E-state index contributed by atoms with van der Waals surface area (Å²) in [4.78, 5) is 10.6. The van der Waals surface area contributed by atoms with E-state index >= 15 is 0 Å². The van der Waals surface area contributed by atoms with Crippen LogP contribution in [0.1, 0.15) is 17.7 Å². The molecule has 94 valence electrons. The van der Waals surface area contributed by atoms with Gasteiger partial charge in [-0.3, -0.25) is 9.89 Å². The monoisotopic (exact) mass is 308 g/mol. The molecule has 0 radical (unpaired) electrons. The number of H-pyrrole nitrogens is 1. The van der Waals surface area contributed by atoms with Crippen molar-refractivity contribution in [3.63, 3.8) is 0 Å². The summed E-state index contributed by atoms with van der Waals surface area (Å²) in [7, 11) is 0. The number of nitrogens with zero attached hydrogens (tertiary/aromatic N) is 1. The van der Waals surface area contributed by atoms with Gasteiger partial charge in [-0.05, 0) is 30.2 Å². The van der Waals surface area contributed by atoms with E-state index in [0.29, 0.717) is 6.42 Å². The molecule has 0 aliphatic rings. The maximum Gasteiger partial charge on any atom is 0.303 e. The van der Waals surface area contributed by atoms with Crippen molar-refractivity contribution in [2.75, 3.05) is 0 Å². The zero-order chi connectivity index (χ0) is 13.1. The zero-order valence-corrected chi connectivity index (χ0v) is 11.5. The van der Waals surface area contributed by atoms with E-state index in [0.717, 1.165) is 26.9 Å². The number of halogens is 1. The van der Waals surface area contributed by atoms with Crippen LogP contribution in [0.3, 0.4) is 0 Å². The molecule has 0 amide bonds. The summed E-state index contributed by atoms with van der Waals surface area (Å²) in [6, 6.07) is 6.02. The van der Waals surface area contributed by atoms with Gasteiger partial charge in [0.1, 0.15) is 0 Å². The normalized spacial score (nSPS) is 10.6. The minimum Gasteiger partial charge on any atom is -0.481 e. The number of aliphatic carboxylic acids is 1. The molecule has 0 fully saturated rings. The number of carbonyl (C=O) groups is 1. The number of rotatable bonds is 4. The van der Waals surface area contributed by atoms with Gasteiger partial charge in [0.2, 0.25) is 0 Å². The van der Waals surface area contributed by atoms with Gasteiger partial charge in [-0.1, -0.05) is 22.0 Å². The minimum absolute atomic E-state index is 0.0994. The van der Waals surface area contributed by atoms with E-state index in [1.54, 1.807) is 6.20 Å². The Balaban J connectivity index is 2.36. The molecule has 2 rings (SSSR count). The van der Waals surface area contributed by atoms with Crippen molar-refractivity contribution in [3.8, 4) is 11.1 Å². The number of carboxylic acid groups (broad SMARTS) is 1. The summed E-state index contributed by atoms with van der Waals surface area (Å²) in [5.74, 6) is -0.804. The van der Waals surface area contributed by atoms with Gasteiger partial charge >= 0.3 is 5.97 Å². The fourth-order valence-electron chi connectivity index (χ4n) is 1.85. The lowest BCUT2D eigenvalue weighted by atomic mass is 9.99. The van der Waals surface area contributed by atoms with Crippen molar-refractivity contribution >= 4 is 21.9 Å². The van der Waals surface area contributed by atoms with Gasteiger partial charge in [0, 0.05) is 22.2 Å². The highest BCUT2D eigenvalue weighted by atomic mass is 79.9. The smallest absolute Gasteiger partial charge is 0.303 e. The van der Waals surface area contributed by atoms with E-state index in [1.807, 2.05) is 25.1 Å². The van der Waals surface area contributed by atoms with Crippen molar-refractivity contribution in [2.45, 2.75) is 19.8 Å². The maximum absolute atomic E-state index is 10.6. The molecule has 2 aromatic rings. The maximum atomic E-state index is 10.6. The molecule has 0 saturated heterocycles. The van der Waals surface area contributed by atoms with E-state index in [2.05, 4.69) is 26.1 Å². The van der Waals surface area contributed by atoms with E-state index in [4.69, 9.17) is 5.11 Å². The first-order valence-corrected chi connectivity index (χ1v) is 6.38. The number of carboxylic acids is 1. The number of hydrogen-bond donors (Lipinski definition) is 2. The van der Waals surface area contributed by atoms with Crippen LogP contribution < -0.4 is 0 Å². The average molecular weight is 309 g/mol. The fourth-order valence-corrected chi connectivity index (χ4v) is 2.21. The van der Waals surface area contributed by atoms with E-state index in [9.17, 15) is 4.79 Å². The van der Waals surface area contributed by atoms with Crippen molar-refractivity contribution in [1.29, 1.82) is 0 Å². The Morgan fingerprint density at radius 2 is 2.22 bits per heavy atom. The molecule has 1 aromatic carbocycles. The van der Waals surface area contributed by atoms with Gasteiger partial charge < -0.3 is 5.11 Å². The number of hydrogen-bond acceptors (Lipinski definition) is 2. The van der Waals surface area contributed by atoms with E-state index < -0.39 is 5.97 Å². The highest BCUT2D eigenvalue weighted by molar-refractivity contribution is 9.10. The first kappa shape index (κ1) is 12.8. The standard InChI is InChI=1S/C13H13BrN2O2/c1-8-2-3-9(14)6-10(8)11-7-15-16-12(11)4-5-13(17)18/h2-3,6-7H,4-5H2,1H3,(H,15,16)(H,17,18). The summed E-state index contributed by atoms with van der Waals surface area (Å²) in [5.41, 5.74) is 4.03. The molecule has 0 spiro atoms. The molecule has 0 aliphatic carbocycles. The van der Waals surface area contributed by atoms with E-state index in [1.165, 1.54) is 0 Å². The van der Waals surface area contributed by atoms with Crippen LogP contribution in [-0.2, 0) is 11.2 Å². The van der Waals surface area contributed by atoms with Crippen LogP contribution in [0.15, 0.2) is 28.9 Å². The van der Waals surface area contributed by atoms with Gasteiger partial charge in [-0.15, -0.1) is 0 Å². The molecular formula is C13H13BrN2O2. The topological polar surface area (TPSA) is 66.0 Å². The van der Waals surface area contributed by atoms with Crippen molar-refractivity contribution < 1.29 is 9.90 Å². The third-order valence-electron chi connectivity index (χ3n) is 2.80. The molecule has 0 saturated carbocycles. The second kappa shape index (κ2) is 5.35. The molecule has 5 heteroatoms. The Morgan fingerprint density at radius 1 is 1.44 bits per heavy atom. The predicted octanol–water partition coefficient (Wildman–Crippen LogP) is 3.16. The lowest BCUT2D eigenvalue weighted by Crippen LogP contribution is -1.99. The Bertz CT molecular complexity index is 578. The quantitative estimate of drug-likeness (QED) is 0.911. The molecule has 18 heavy (non-hydrogen) atoms. The van der Waals surface area contributed by atoms with Crippen LogP contribution in [0.5, 0.6) is 0 Å². The Labute approximate surface area is 113 Å². The Kier molecular flexibility index (Phi) is 3.81. The molecular weight excluding hydrogens is 296 g/mol. The van der Waals surface area contributed by atoms with Crippen molar-refractivity contribution in [2.24, 2.45) is 0 Å². The summed E-state index contributed by atoms with van der Waals surface area (Å²) in [6.45, 7) is 2.02. The number of benzene rings is 1. The van der Waals surface area contributed by atoms with Crippen LogP contribution in [0, 0.1) is 6.92 Å². The second-order valence-corrected chi connectivity index (χ2v) is 5.03. The van der Waals surface area contributed by atoms with Gasteiger partial charge in [-0.2, -0.15) is 5.10 Å². The molecule has 4 nitrogen and oxygen atoms in total. The third-order valence-corrected chi connectivity index (χ3v) is 3.29. The van der Waals surface area contributed by atoms with Crippen molar-refractivity contribution in [1.82, 2.24) is 10.2 Å².